The summed E-state index contributed by atoms with van der Waals surface area (Å²) in [5, 5.41) is 6.39. The van der Waals surface area contributed by atoms with Crippen molar-refractivity contribution >= 4 is 41.3 Å². The van der Waals surface area contributed by atoms with Gasteiger partial charge in [-0.3, -0.25) is 0 Å². The molecule has 2 rings (SSSR count). The molecule has 0 saturated heterocycles. The summed E-state index contributed by atoms with van der Waals surface area (Å²) in [6, 6.07) is 8.05. The van der Waals surface area contributed by atoms with Crippen LogP contribution in [0.2, 0.25) is 0 Å². The van der Waals surface area contributed by atoms with Crippen LogP contribution in [0.4, 0.5) is 0 Å². The molecule has 1 unspecified atom stereocenters. The summed E-state index contributed by atoms with van der Waals surface area (Å²) >= 11 is 1.63. The van der Waals surface area contributed by atoms with Gasteiger partial charge in [0.05, 0.1) is 18.8 Å². The number of nitrogens with zero attached hydrogens (tertiary/aromatic N) is 3. The van der Waals surface area contributed by atoms with Gasteiger partial charge in [0, 0.05) is 26.1 Å². The Kier molecular flexibility index (Phi) is 11.4. The monoisotopic (exact) mass is 518 g/mol. The number of aromatic nitrogens is 1. The maximum atomic E-state index is 5.78. The highest BCUT2D eigenvalue weighted by Crippen LogP contribution is 2.20. The number of guanidine groups is 1. The van der Waals surface area contributed by atoms with Crippen LogP contribution >= 0.6 is 35.3 Å². The Morgan fingerprint density at radius 3 is 2.86 bits per heavy atom. The SMILES string of the molecule is CCNC(=NCCOc1cccc(C)c1)N(C)Cc1csc(C(C)OC)n1.I. The standard InChI is InChI=1S/C20H30N4O2S.HI/c1-6-21-20(22-10-11-26-18-9-7-8-15(2)12-18)24(4)13-17-14-27-19(23-17)16(3)25-5;/h7-9,12,14,16H,6,10-11,13H2,1-5H3,(H,21,22);1H. The molecule has 0 fully saturated rings. The summed E-state index contributed by atoms with van der Waals surface area (Å²) in [6.07, 6.45) is 0.0229. The lowest BCUT2D eigenvalue weighted by atomic mass is 10.2. The molecule has 0 radical (unpaired) electrons. The molecular formula is C20H31IN4O2S. The fourth-order valence-corrected chi connectivity index (χ4v) is 3.33. The third kappa shape index (κ3) is 7.92. The molecule has 1 atom stereocenters. The van der Waals surface area contributed by atoms with Crippen LogP contribution in [0.1, 0.15) is 36.2 Å². The summed E-state index contributed by atoms with van der Waals surface area (Å²) in [5.74, 6) is 1.73. The van der Waals surface area contributed by atoms with Gasteiger partial charge in [-0.25, -0.2) is 9.98 Å². The smallest absolute Gasteiger partial charge is 0.194 e. The molecule has 0 bridgehead atoms. The quantitative estimate of drug-likeness (QED) is 0.233. The van der Waals surface area contributed by atoms with E-state index in [-0.39, 0.29) is 30.1 Å². The number of benzene rings is 1. The first-order valence-corrected chi connectivity index (χ1v) is 10.1. The Labute approximate surface area is 189 Å². The fourth-order valence-electron chi connectivity index (χ4n) is 2.49. The summed E-state index contributed by atoms with van der Waals surface area (Å²) in [6.45, 7) is 8.75. The lowest BCUT2D eigenvalue weighted by Gasteiger charge is -2.21. The first-order chi connectivity index (χ1) is 13.0. The Bertz CT molecular complexity index is 739. The number of halogens is 1. The molecule has 0 saturated carbocycles. The molecule has 28 heavy (non-hydrogen) atoms. The van der Waals surface area contributed by atoms with Crippen LogP contribution in [0.15, 0.2) is 34.6 Å². The van der Waals surface area contributed by atoms with Crippen LogP contribution < -0.4 is 10.1 Å². The zero-order chi connectivity index (χ0) is 19.6. The van der Waals surface area contributed by atoms with Gasteiger partial charge < -0.3 is 19.7 Å². The normalized spacial score (nSPS) is 12.2. The van der Waals surface area contributed by atoms with Crippen molar-refractivity contribution in [2.45, 2.75) is 33.4 Å². The van der Waals surface area contributed by atoms with E-state index in [4.69, 9.17) is 9.47 Å². The lowest BCUT2D eigenvalue weighted by molar-refractivity contribution is 0.119. The van der Waals surface area contributed by atoms with Gasteiger partial charge in [0.2, 0.25) is 0 Å². The second-order valence-corrected chi connectivity index (χ2v) is 7.20. The number of aliphatic imine (C=N–C) groups is 1. The summed E-state index contributed by atoms with van der Waals surface area (Å²) in [5.41, 5.74) is 2.21. The predicted octanol–water partition coefficient (Wildman–Crippen LogP) is 4.25. The number of methoxy groups -OCH3 is 1. The average molecular weight is 518 g/mol. The van der Waals surface area contributed by atoms with E-state index in [1.54, 1.807) is 18.4 Å². The molecule has 1 N–H and O–H groups in total. The van der Waals surface area contributed by atoms with E-state index < -0.39 is 0 Å². The maximum Gasteiger partial charge on any atom is 0.194 e. The average Bonchev–Trinajstić information content (AvgIpc) is 3.12. The number of ether oxygens (including phenoxy) is 2. The number of nitrogens with one attached hydrogen (secondary N) is 1. The molecule has 0 aliphatic rings. The topological polar surface area (TPSA) is 59.0 Å². The second kappa shape index (κ2) is 12.9. The van der Waals surface area contributed by atoms with E-state index in [1.807, 2.05) is 32.2 Å². The minimum atomic E-state index is 0. The van der Waals surface area contributed by atoms with E-state index in [0.29, 0.717) is 19.7 Å². The van der Waals surface area contributed by atoms with Crippen molar-refractivity contribution in [2.75, 3.05) is 33.9 Å². The van der Waals surface area contributed by atoms with E-state index in [0.717, 1.165) is 29.0 Å². The minimum Gasteiger partial charge on any atom is -0.492 e. The predicted molar refractivity (Wildman–Crippen MR) is 127 cm³/mol. The van der Waals surface area contributed by atoms with Gasteiger partial charge in [0.15, 0.2) is 5.96 Å². The van der Waals surface area contributed by atoms with Gasteiger partial charge in [0.25, 0.3) is 0 Å². The number of hydrogen-bond donors (Lipinski definition) is 1. The fraction of sp³-hybridized carbons (Fsp3) is 0.500. The molecule has 1 aromatic heterocycles. The third-order valence-electron chi connectivity index (χ3n) is 3.98. The van der Waals surface area contributed by atoms with Crippen molar-refractivity contribution < 1.29 is 9.47 Å². The van der Waals surface area contributed by atoms with Gasteiger partial charge >= 0.3 is 0 Å². The van der Waals surface area contributed by atoms with Gasteiger partial charge in [-0.05, 0) is 38.5 Å². The van der Waals surface area contributed by atoms with E-state index >= 15 is 0 Å². The van der Waals surface area contributed by atoms with E-state index in [9.17, 15) is 0 Å². The molecule has 156 valence electrons. The third-order valence-corrected chi connectivity index (χ3v) is 5.03. The van der Waals surface area contributed by atoms with Crippen LogP contribution in [0.3, 0.4) is 0 Å². The van der Waals surface area contributed by atoms with Crippen LogP contribution in [-0.4, -0.2) is 49.7 Å². The molecule has 1 heterocycles. The number of thiazole rings is 1. The molecule has 8 heteroatoms. The highest BCUT2D eigenvalue weighted by molar-refractivity contribution is 14.0. The maximum absolute atomic E-state index is 5.78. The first kappa shape index (κ1) is 24.6. The summed E-state index contributed by atoms with van der Waals surface area (Å²) in [4.78, 5) is 11.4. The lowest BCUT2D eigenvalue weighted by Crippen LogP contribution is -2.38. The van der Waals surface area contributed by atoms with Gasteiger partial charge in [-0.2, -0.15) is 0 Å². The number of hydrogen-bond acceptors (Lipinski definition) is 5. The molecule has 2 aromatic rings. The Morgan fingerprint density at radius 2 is 2.18 bits per heavy atom. The number of rotatable bonds is 9. The van der Waals surface area contributed by atoms with Crippen molar-refractivity contribution in [3.8, 4) is 5.75 Å². The van der Waals surface area contributed by atoms with E-state index in [2.05, 4.69) is 45.5 Å². The molecule has 0 aliphatic carbocycles. The molecule has 0 aliphatic heterocycles. The molecule has 6 nitrogen and oxygen atoms in total. The Morgan fingerprint density at radius 1 is 1.39 bits per heavy atom. The van der Waals surface area contributed by atoms with Crippen molar-refractivity contribution in [2.24, 2.45) is 4.99 Å². The summed E-state index contributed by atoms with van der Waals surface area (Å²) < 4.78 is 11.1. The van der Waals surface area contributed by atoms with Crippen molar-refractivity contribution in [3.05, 3.63) is 45.9 Å². The van der Waals surface area contributed by atoms with Crippen molar-refractivity contribution in [3.63, 3.8) is 0 Å². The van der Waals surface area contributed by atoms with Crippen molar-refractivity contribution in [1.29, 1.82) is 0 Å². The zero-order valence-electron chi connectivity index (χ0n) is 17.3. The minimum absolute atomic E-state index is 0. The first-order valence-electron chi connectivity index (χ1n) is 9.19. The second-order valence-electron chi connectivity index (χ2n) is 6.31. The van der Waals surface area contributed by atoms with Crippen LogP contribution in [0, 0.1) is 6.92 Å². The zero-order valence-corrected chi connectivity index (χ0v) is 20.4. The molecular weight excluding hydrogens is 487 g/mol. The molecule has 0 amide bonds. The van der Waals surface area contributed by atoms with Crippen LogP contribution in [0.5, 0.6) is 5.75 Å². The Hall–Kier alpha value is -1.39. The highest BCUT2D eigenvalue weighted by atomic mass is 127. The largest absolute Gasteiger partial charge is 0.492 e. The van der Waals surface area contributed by atoms with Gasteiger partial charge in [0.1, 0.15) is 23.5 Å². The van der Waals surface area contributed by atoms with Crippen LogP contribution in [0.25, 0.3) is 0 Å². The Balaban J connectivity index is 0.00000392. The highest BCUT2D eigenvalue weighted by Gasteiger charge is 2.12. The van der Waals surface area contributed by atoms with Crippen LogP contribution in [-0.2, 0) is 11.3 Å². The van der Waals surface area contributed by atoms with E-state index in [1.165, 1.54) is 5.56 Å². The molecule has 0 spiro atoms. The summed E-state index contributed by atoms with van der Waals surface area (Å²) in [7, 11) is 3.72. The number of aryl methyl sites for hydroxylation is 1. The van der Waals surface area contributed by atoms with Gasteiger partial charge in [-0.15, -0.1) is 35.3 Å². The van der Waals surface area contributed by atoms with Gasteiger partial charge in [-0.1, -0.05) is 12.1 Å². The van der Waals surface area contributed by atoms with Crippen molar-refractivity contribution in [1.82, 2.24) is 15.2 Å². The molecule has 1 aromatic carbocycles.